The highest BCUT2D eigenvalue weighted by Crippen LogP contribution is 2.30. The topological polar surface area (TPSA) is 84.9 Å². The molecule has 2 aromatic rings. The third-order valence-electron chi connectivity index (χ3n) is 4.59. The molecule has 2 heterocycles. The van der Waals surface area contributed by atoms with E-state index in [0.717, 1.165) is 14.9 Å². The van der Waals surface area contributed by atoms with Crippen LogP contribution in [0.4, 0.5) is 0 Å². The molecular weight excluding hydrogens is 428 g/mol. The van der Waals surface area contributed by atoms with Gasteiger partial charge in [0.05, 0.1) is 11.1 Å². The van der Waals surface area contributed by atoms with Gasteiger partial charge in [-0.05, 0) is 35.9 Å². The zero-order chi connectivity index (χ0) is 19.7. The van der Waals surface area contributed by atoms with E-state index in [9.17, 15) is 14.4 Å². The van der Waals surface area contributed by atoms with Crippen molar-refractivity contribution in [3.8, 4) is 11.5 Å². The fourth-order valence-electron chi connectivity index (χ4n) is 3.17. The van der Waals surface area contributed by atoms with Crippen molar-refractivity contribution in [2.45, 2.75) is 13.0 Å². The summed E-state index contributed by atoms with van der Waals surface area (Å²) < 4.78 is 11.7. The van der Waals surface area contributed by atoms with Crippen LogP contribution in [0, 0.1) is 0 Å². The highest BCUT2D eigenvalue weighted by atomic mass is 79.9. The predicted molar refractivity (Wildman–Crippen MR) is 103 cm³/mol. The first-order valence-electron chi connectivity index (χ1n) is 8.84. The van der Waals surface area contributed by atoms with Crippen LogP contribution in [0.3, 0.4) is 0 Å². The number of carbonyl (C=O) groups is 3. The van der Waals surface area contributed by atoms with E-state index in [4.69, 9.17) is 9.47 Å². The molecule has 0 spiro atoms. The van der Waals surface area contributed by atoms with E-state index in [1.807, 2.05) is 18.2 Å². The van der Waals surface area contributed by atoms with Gasteiger partial charge in [0.1, 0.15) is 13.2 Å². The van der Waals surface area contributed by atoms with Crippen LogP contribution in [0.25, 0.3) is 0 Å². The quantitative estimate of drug-likeness (QED) is 0.716. The molecule has 0 atom stereocenters. The highest BCUT2D eigenvalue weighted by molar-refractivity contribution is 9.10. The number of ether oxygens (including phenoxy) is 2. The first-order valence-corrected chi connectivity index (χ1v) is 9.63. The second-order valence-corrected chi connectivity index (χ2v) is 7.37. The summed E-state index contributed by atoms with van der Waals surface area (Å²) in [5, 5.41) is 2.80. The van der Waals surface area contributed by atoms with E-state index in [1.54, 1.807) is 18.2 Å². The lowest BCUT2D eigenvalue weighted by molar-refractivity contribution is -0.121. The minimum Gasteiger partial charge on any atom is -0.486 e. The standard InChI is InChI=1S/C20H17BrN2O5/c21-13-2-3-14-15(10-13)20(26)23(19(14)25)6-5-18(24)22-11-12-1-4-16-17(9-12)28-8-7-27-16/h1-4,9-10H,5-8,11H2,(H,22,24). The van der Waals surface area contributed by atoms with Crippen molar-refractivity contribution < 1.29 is 23.9 Å². The second-order valence-electron chi connectivity index (χ2n) is 6.46. The van der Waals surface area contributed by atoms with Gasteiger partial charge < -0.3 is 14.8 Å². The number of fused-ring (bicyclic) bond motifs is 2. The molecule has 0 unspecified atom stereocenters. The summed E-state index contributed by atoms with van der Waals surface area (Å²) >= 11 is 3.30. The molecule has 0 aromatic heterocycles. The maximum Gasteiger partial charge on any atom is 0.261 e. The lowest BCUT2D eigenvalue weighted by Crippen LogP contribution is -2.34. The number of hydrogen-bond acceptors (Lipinski definition) is 5. The summed E-state index contributed by atoms with van der Waals surface area (Å²) in [6.07, 6.45) is 0.0389. The van der Waals surface area contributed by atoms with Crippen LogP contribution >= 0.6 is 15.9 Å². The van der Waals surface area contributed by atoms with E-state index in [2.05, 4.69) is 21.2 Å². The molecule has 2 aliphatic heterocycles. The summed E-state index contributed by atoms with van der Waals surface area (Å²) in [6.45, 7) is 1.39. The molecule has 1 N–H and O–H groups in total. The average molecular weight is 445 g/mol. The van der Waals surface area contributed by atoms with Crippen LogP contribution in [0.1, 0.15) is 32.7 Å². The van der Waals surface area contributed by atoms with Gasteiger partial charge in [0.25, 0.3) is 11.8 Å². The Hall–Kier alpha value is -2.87. The minimum atomic E-state index is -0.374. The lowest BCUT2D eigenvalue weighted by atomic mass is 10.1. The Labute approximate surface area is 169 Å². The first-order chi connectivity index (χ1) is 13.5. The second kappa shape index (κ2) is 7.63. The number of rotatable bonds is 5. The number of amides is 3. The Morgan fingerprint density at radius 1 is 1.00 bits per heavy atom. The fraction of sp³-hybridized carbons (Fsp3) is 0.250. The van der Waals surface area contributed by atoms with E-state index in [1.165, 1.54) is 0 Å². The van der Waals surface area contributed by atoms with Gasteiger partial charge in [0.15, 0.2) is 11.5 Å². The average Bonchev–Trinajstić information content (AvgIpc) is 2.94. The fourth-order valence-corrected chi connectivity index (χ4v) is 3.53. The molecule has 0 aliphatic carbocycles. The van der Waals surface area contributed by atoms with Gasteiger partial charge in [-0.25, -0.2) is 0 Å². The van der Waals surface area contributed by atoms with E-state index in [-0.39, 0.29) is 30.7 Å². The van der Waals surface area contributed by atoms with Gasteiger partial charge in [0, 0.05) is 24.0 Å². The number of imide groups is 1. The van der Waals surface area contributed by atoms with Gasteiger partial charge in [-0.1, -0.05) is 22.0 Å². The van der Waals surface area contributed by atoms with E-state index < -0.39 is 0 Å². The summed E-state index contributed by atoms with van der Waals surface area (Å²) in [6, 6.07) is 10.5. The van der Waals surface area contributed by atoms with Gasteiger partial charge in [-0.3, -0.25) is 19.3 Å². The SMILES string of the molecule is O=C(CCN1C(=O)c2ccc(Br)cc2C1=O)NCc1ccc2c(c1)OCCO2. The maximum absolute atomic E-state index is 12.4. The Bertz CT molecular complexity index is 975. The monoisotopic (exact) mass is 444 g/mol. The van der Waals surface area contributed by atoms with Gasteiger partial charge in [0.2, 0.25) is 5.91 Å². The van der Waals surface area contributed by atoms with Gasteiger partial charge in [-0.2, -0.15) is 0 Å². The van der Waals surface area contributed by atoms with E-state index in [0.29, 0.717) is 42.4 Å². The molecule has 144 valence electrons. The maximum atomic E-state index is 12.4. The number of hydrogen-bond donors (Lipinski definition) is 1. The van der Waals surface area contributed by atoms with Crippen molar-refractivity contribution in [1.82, 2.24) is 10.2 Å². The smallest absolute Gasteiger partial charge is 0.261 e. The first kappa shape index (κ1) is 18.5. The lowest BCUT2D eigenvalue weighted by Gasteiger charge is -2.19. The predicted octanol–water partition coefficient (Wildman–Crippen LogP) is 2.52. The normalized spacial score (nSPS) is 14.8. The molecule has 0 saturated carbocycles. The Morgan fingerprint density at radius 2 is 1.75 bits per heavy atom. The van der Waals surface area contributed by atoms with Crippen LogP contribution in [0.2, 0.25) is 0 Å². The highest BCUT2D eigenvalue weighted by Gasteiger charge is 2.35. The zero-order valence-electron chi connectivity index (χ0n) is 14.9. The molecule has 7 nitrogen and oxygen atoms in total. The number of benzene rings is 2. The van der Waals surface area contributed by atoms with Crippen LogP contribution in [-0.2, 0) is 11.3 Å². The Morgan fingerprint density at radius 3 is 2.57 bits per heavy atom. The Balaban J connectivity index is 1.32. The molecular formula is C20H17BrN2O5. The van der Waals surface area contributed by atoms with E-state index >= 15 is 0 Å². The van der Waals surface area contributed by atoms with Gasteiger partial charge in [-0.15, -0.1) is 0 Å². The van der Waals surface area contributed by atoms with Gasteiger partial charge >= 0.3 is 0 Å². The van der Waals surface area contributed by atoms with Crippen molar-refractivity contribution in [1.29, 1.82) is 0 Å². The van der Waals surface area contributed by atoms with Crippen LogP contribution in [-0.4, -0.2) is 42.4 Å². The van der Waals surface area contributed by atoms with Crippen LogP contribution < -0.4 is 14.8 Å². The molecule has 3 amide bonds. The number of nitrogens with one attached hydrogen (secondary N) is 1. The van der Waals surface area contributed by atoms with Crippen LogP contribution in [0.15, 0.2) is 40.9 Å². The van der Waals surface area contributed by atoms with Crippen molar-refractivity contribution >= 4 is 33.7 Å². The molecule has 0 radical (unpaired) electrons. The molecule has 2 aromatic carbocycles. The summed E-state index contributed by atoms with van der Waals surface area (Å²) in [5.74, 6) is 0.370. The minimum absolute atomic E-state index is 0.0386. The van der Waals surface area contributed by atoms with Crippen LogP contribution in [0.5, 0.6) is 11.5 Å². The summed E-state index contributed by atoms with van der Waals surface area (Å²) in [5.41, 5.74) is 1.60. The molecule has 8 heteroatoms. The summed E-state index contributed by atoms with van der Waals surface area (Å²) in [4.78, 5) is 38.1. The van der Waals surface area contributed by atoms with Crippen molar-refractivity contribution in [2.24, 2.45) is 0 Å². The number of halogens is 1. The molecule has 0 bridgehead atoms. The molecule has 28 heavy (non-hydrogen) atoms. The molecule has 2 aliphatic rings. The third-order valence-corrected chi connectivity index (χ3v) is 5.08. The van der Waals surface area contributed by atoms with Crippen molar-refractivity contribution in [3.63, 3.8) is 0 Å². The number of nitrogens with zero attached hydrogens (tertiary/aromatic N) is 1. The third kappa shape index (κ3) is 3.60. The van der Waals surface area contributed by atoms with Crippen molar-refractivity contribution in [3.05, 3.63) is 57.6 Å². The Kier molecular flexibility index (Phi) is 5.04. The van der Waals surface area contributed by atoms with Crippen molar-refractivity contribution in [2.75, 3.05) is 19.8 Å². The zero-order valence-corrected chi connectivity index (χ0v) is 16.5. The largest absolute Gasteiger partial charge is 0.486 e. The number of carbonyl (C=O) groups excluding carboxylic acids is 3. The molecule has 4 rings (SSSR count). The molecule has 0 fully saturated rings. The molecule has 0 saturated heterocycles. The summed E-state index contributed by atoms with van der Waals surface area (Å²) in [7, 11) is 0.